The van der Waals surface area contributed by atoms with E-state index in [9.17, 15) is 21.6 Å². The molecule has 5 nitrogen and oxygen atoms in total. The van der Waals surface area contributed by atoms with Gasteiger partial charge >= 0.3 is 6.18 Å². The molecule has 0 saturated heterocycles. The Bertz CT molecular complexity index is 712. The average Bonchev–Trinajstić information content (AvgIpc) is 2.90. The summed E-state index contributed by atoms with van der Waals surface area (Å²) in [5.41, 5.74) is -0.630. The number of halogens is 3. The molecule has 9 heteroatoms. The van der Waals surface area contributed by atoms with Crippen molar-refractivity contribution < 1.29 is 21.6 Å². The number of hydrogen-bond acceptors (Lipinski definition) is 3. The van der Waals surface area contributed by atoms with Gasteiger partial charge in [0.15, 0.2) is 0 Å². The van der Waals surface area contributed by atoms with Crippen LogP contribution in [0.5, 0.6) is 0 Å². The van der Waals surface area contributed by atoms with E-state index in [1.807, 2.05) is 0 Å². The van der Waals surface area contributed by atoms with Crippen LogP contribution in [-0.2, 0) is 22.7 Å². The van der Waals surface area contributed by atoms with E-state index in [2.05, 4.69) is 10.2 Å². The van der Waals surface area contributed by atoms with Gasteiger partial charge in [0.1, 0.15) is 0 Å². The summed E-state index contributed by atoms with van der Waals surface area (Å²) in [6, 6.07) is 4.11. The molecule has 1 aromatic heterocycles. The first kappa shape index (κ1) is 15.5. The zero-order chi connectivity index (χ0) is 15.7. The van der Waals surface area contributed by atoms with E-state index in [4.69, 9.17) is 0 Å². The Kier molecular flexibility index (Phi) is 4.06. The van der Waals surface area contributed by atoms with E-state index in [0.29, 0.717) is 5.56 Å². The number of aromatic nitrogens is 2. The smallest absolute Gasteiger partial charge is 0.285 e. The van der Waals surface area contributed by atoms with Crippen molar-refractivity contribution in [2.45, 2.75) is 17.6 Å². The highest BCUT2D eigenvalue weighted by Crippen LogP contribution is 2.35. The van der Waals surface area contributed by atoms with Gasteiger partial charge in [-0.15, -0.1) is 0 Å². The lowest BCUT2D eigenvalue weighted by molar-refractivity contribution is -0.139. The first-order chi connectivity index (χ1) is 9.73. The third kappa shape index (κ3) is 3.24. The first-order valence-electron chi connectivity index (χ1n) is 5.83. The van der Waals surface area contributed by atoms with E-state index in [0.717, 1.165) is 22.5 Å². The zero-order valence-electron chi connectivity index (χ0n) is 10.9. The van der Waals surface area contributed by atoms with E-state index < -0.39 is 26.7 Å². The summed E-state index contributed by atoms with van der Waals surface area (Å²) in [5, 5.41) is 6.17. The predicted octanol–water partition coefficient (Wildman–Crippen LogP) is 2.25. The van der Waals surface area contributed by atoms with E-state index in [1.54, 1.807) is 0 Å². The number of nitrogens with one attached hydrogen (secondary N) is 1. The van der Waals surface area contributed by atoms with Gasteiger partial charge in [-0.1, -0.05) is 12.1 Å². The molecule has 0 amide bonds. The average molecular weight is 319 g/mol. The number of alkyl halides is 3. The minimum absolute atomic E-state index is 0.0783. The lowest BCUT2D eigenvalue weighted by Crippen LogP contribution is -2.28. The monoisotopic (exact) mass is 319 g/mol. The maximum atomic E-state index is 12.9. The van der Waals surface area contributed by atoms with Crippen molar-refractivity contribution in [3.05, 3.63) is 47.8 Å². The Morgan fingerprint density at radius 1 is 1.29 bits per heavy atom. The minimum Gasteiger partial charge on any atom is -0.285 e. The normalized spacial score (nSPS) is 12.8. The van der Waals surface area contributed by atoms with Crippen LogP contribution in [0.2, 0.25) is 0 Å². The van der Waals surface area contributed by atoms with Crippen LogP contribution in [0, 0.1) is 0 Å². The molecule has 0 aliphatic carbocycles. The van der Waals surface area contributed by atoms with Crippen LogP contribution in [0.4, 0.5) is 13.2 Å². The second-order valence-electron chi connectivity index (χ2n) is 4.36. The van der Waals surface area contributed by atoms with Gasteiger partial charge in [-0.3, -0.25) is 5.10 Å². The molecule has 1 N–H and O–H groups in total. The number of aromatic amines is 1. The Labute approximate surface area is 119 Å². The number of sulfonamides is 1. The van der Waals surface area contributed by atoms with Crippen LogP contribution in [0.1, 0.15) is 11.1 Å². The zero-order valence-corrected chi connectivity index (χ0v) is 11.7. The Balaban J connectivity index is 2.40. The Morgan fingerprint density at radius 2 is 1.95 bits per heavy atom. The minimum atomic E-state index is -4.74. The highest BCUT2D eigenvalue weighted by atomic mass is 32.2. The van der Waals surface area contributed by atoms with Gasteiger partial charge in [0.05, 0.1) is 16.7 Å². The van der Waals surface area contributed by atoms with Gasteiger partial charge in [0.25, 0.3) is 0 Å². The molecular weight excluding hydrogens is 307 g/mol. The molecule has 2 rings (SSSR count). The van der Waals surface area contributed by atoms with Gasteiger partial charge in [0.2, 0.25) is 10.0 Å². The number of hydrogen-bond donors (Lipinski definition) is 1. The molecule has 21 heavy (non-hydrogen) atoms. The van der Waals surface area contributed by atoms with Crippen LogP contribution in [0.15, 0.2) is 41.6 Å². The lowest BCUT2D eigenvalue weighted by atomic mass is 10.2. The number of nitrogens with zero attached hydrogens (tertiary/aromatic N) is 2. The topological polar surface area (TPSA) is 66.1 Å². The Hall–Kier alpha value is -1.87. The molecule has 0 spiro atoms. The largest absolute Gasteiger partial charge is 0.417 e. The van der Waals surface area contributed by atoms with Crippen molar-refractivity contribution >= 4 is 10.0 Å². The lowest BCUT2D eigenvalue weighted by Gasteiger charge is -2.19. The summed E-state index contributed by atoms with van der Waals surface area (Å²) in [7, 11) is -3.04. The highest BCUT2D eigenvalue weighted by Gasteiger charge is 2.38. The van der Waals surface area contributed by atoms with Crippen molar-refractivity contribution in [1.82, 2.24) is 14.5 Å². The number of benzene rings is 1. The Morgan fingerprint density at radius 3 is 2.52 bits per heavy atom. The molecule has 0 atom stereocenters. The molecule has 0 unspecified atom stereocenters. The van der Waals surface area contributed by atoms with Gasteiger partial charge < -0.3 is 0 Å². The van der Waals surface area contributed by atoms with Crippen LogP contribution >= 0.6 is 0 Å². The van der Waals surface area contributed by atoms with Crippen LogP contribution < -0.4 is 0 Å². The highest BCUT2D eigenvalue weighted by molar-refractivity contribution is 7.89. The molecule has 1 aromatic carbocycles. The SMILES string of the molecule is CN(Cc1cn[nH]c1)S(=O)(=O)c1ccccc1C(F)(F)F. The summed E-state index contributed by atoms with van der Waals surface area (Å²) in [6.45, 7) is -0.0783. The molecule has 0 saturated carbocycles. The van der Waals surface area contributed by atoms with E-state index in [-0.39, 0.29) is 6.54 Å². The molecule has 0 fully saturated rings. The quantitative estimate of drug-likeness (QED) is 0.940. The summed E-state index contributed by atoms with van der Waals surface area (Å²) in [5.74, 6) is 0. The number of rotatable bonds is 4. The molecule has 0 aliphatic heterocycles. The predicted molar refractivity (Wildman–Crippen MR) is 68.7 cm³/mol. The van der Waals surface area contributed by atoms with E-state index in [1.165, 1.54) is 25.5 Å². The molecule has 114 valence electrons. The number of H-pyrrole nitrogens is 1. The molecule has 1 heterocycles. The fourth-order valence-electron chi connectivity index (χ4n) is 1.80. The van der Waals surface area contributed by atoms with Crippen molar-refractivity contribution in [2.24, 2.45) is 0 Å². The summed E-state index contributed by atoms with van der Waals surface area (Å²) in [6.07, 6.45) is -1.86. The van der Waals surface area contributed by atoms with Crippen molar-refractivity contribution in [2.75, 3.05) is 7.05 Å². The van der Waals surface area contributed by atoms with Crippen molar-refractivity contribution in [1.29, 1.82) is 0 Å². The second kappa shape index (κ2) is 5.49. The van der Waals surface area contributed by atoms with Crippen molar-refractivity contribution in [3.8, 4) is 0 Å². The molecule has 0 radical (unpaired) electrons. The third-order valence-corrected chi connectivity index (χ3v) is 4.70. The first-order valence-corrected chi connectivity index (χ1v) is 7.27. The van der Waals surface area contributed by atoms with Gasteiger partial charge in [0, 0.05) is 25.4 Å². The molecule has 2 aromatic rings. The van der Waals surface area contributed by atoms with Crippen LogP contribution in [0.25, 0.3) is 0 Å². The second-order valence-corrected chi connectivity index (χ2v) is 6.37. The fraction of sp³-hybridized carbons (Fsp3) is 0.250. The van der Waals surface area contributed by atoms with Gasteiger partial charge in [-0.05, 0) is 12.1 Å². The summed E-state index contributed by atoms with van der Waals surface area (Å²) in [4.78, 5) is -0.761. The fourth-order valence-corrected chi connectivity index (χ4v) is 3.17. The third-order valence-electron chi connectivity index (χ3n) is 2.84. The standard InChI is InChI=1S/C12H12F3N3O2S/c1-18(8-9-6-16-17-7-9)21(19,20)11-5-3-2-4-10(11)12(13,14)15/h2-7H,8H2,1H3,(H,16,17). The van der Waals surface area contributed by atoms with Gasteiger partial charge in [-0.2, -0.15) is 22.6 Å². The van der Waals surface area contributed by atoms with Crippen molar-refractivity contribution in [3.63, 3.8) is 0 Å². The van der Waals surface area contributed by atoms with Crippen LogP contribution in [0.3, 0.4) is 0 Å². The molecule has 0 bridgehead atoms. The van der Waals surface area contributed by atoms with E-state index >= 15 is 0 Å². The maximum Gasteiger partial charge on any atom is 0.417 e. The molecular formula is C12H12F3N3O2S. The molecule has 0 aliphatic rings. The summed E-state index contributed by atoms with van der Waals surface area (Å²) < 4.78 is 64.3. The van der Waals surface area contributed by atoms with Crippen LogP contribution in [-0.4, -0.2) is 30.0 Å². The van der Waals surface area contributed by atoms with Gasteiger partial charge in [-0.25, -0.2) is 8.42 Å². The maximum absolute atomic E-state index is 12.9. The summed E-state index contributed by atoms with van der Waals surface area (Å²) >= 11 is 0.